The lowest BCUT2D eigenvalue weighted by atomic mass is 9.97. The molecule has 0 aliphatic carbocycles. The van der Waals surface area contributed by atoms with Crippen LogP contribution in [0.1, 0.15) is 46.5 Å². The van der Waals surface area contributed by atoms with Crippen molar-refractivity contribution in [2.45, 2.75) is 51.2 Å². The Morgan fingerprint density at radius 2 is 1.58 bits per heavy atom. The summed E-state index contributed by atoms with van der Waals surface area (Å²) < 4.78 is 0.387. The minimum atomic E-state index is 0.387. The molecule has 0 aliphatic rings. The van der Waals surface area contributed by atoms with Gasteiger partial charge in [-0.2, -0.15) is 11.8 Å². The molecule has 0 bridgehead atoms. The normalized spacial score (nSPS) is 12.0. The monoisotopic (exact) mass is 189 g/mol. The van der Waals surface area contributed by atoms with Crippen LogP contribution in [0.25, 0.3) is 0 Å². The SMILES string of the molecule is CCCC(CN)(CCC)SCC. The Kier molecular flexibility index (Phi) is 6.96. The van der Waals surface area contributed by atoms with Gasteiger partial charge < -0.3 is 5.73 Å². The van der Waals surface area contributed by atoms with Gasteiger partial charge in [0.05, 0.1) is 0 Å². The van der Waals surface area contributed by atoms with Gasteiger partial charge in [0.2, 0.25) is 0 Å². The van der Waals surface area contributed by atoms with Gasteiger partial charge in [-0.1, -0.05) is 33.6 Å². The van der Waals surface area contributed by atoms with E-state index >= 15 is 0 Å². The molecule has 0 amide bonds. The zero-order valence-electron chi connectivity index (χ0n) is 8.73. The van der Waals surface area contributed by atoms with Crippen LogP contribution in [0.15, 0.2) is 0 Å². The van der Waals surface area contributed by atoms with Gasteiger partial charge in [0.25, 0.3) is 0 Å². The molecule has 0 saturated heterocycles. The first-order valence-corrected chi connectivity index (χ1v) is 6.07. The number of thioether (sulfide) groups is 1. The van der Waals surface area contributed by atoms with E-state index in [2.05, 4.69) is 20.8 Å². The standard InChI is InChI=1S/C10H23NS/c1-4-7-10(9-11,8-5-2)12-6-3/h4-9,11H2,1-3H3. The molecule has 2 heteroatoms. The van der Waals surface area contributed by atoms with Gasteiger partial charge in [-0.05, 0) is 18.6 Å². The van der Waals surface area contributed by atoms with Gasteiger partial charge in [0, 0.05) is 11.3 Å². The fourth-order valence-electron chi connectivity index (χ4n) is 1.75. The Morgan fingerprint density at radius 1 is 1.08 bits per heavy atom. The van der Waals surface area contributed by atoms with Crippen LogP contribution < -0.4 is 5.73 Å². The highest BCUT2D eigenvalue weighted by Gasteiger charge is 2.25. The maximum absolute atomic E-state index is 5.85. The first-order chi connectivity index (χ1) is 5.74. The molecule has 1 nitrogen and oxygen atoms in total. The molecule has 0 radical (unpaired) electrons. The molecule has 0 saturated carbocycles. The van der Waals surface area contributed by atoms with Crippen LogP contribution in [-0.4, -0.2) is 17.0 Å². The first kappa shape index (κ1) is 12.3. The van der Waals surface area contributed by atoms with E-state index in [1.54, 1.807) is 0 Å². The Labute approximate surface area is 81.5 Å². The molecule has 0 aromatic heterocycles. The van der Waals surface area contributed by atoms with Crippen LogP contribution in [0, 0.1) is 0 Å². The zero-order chi connectivity index (χ0) is 9.45. The van der Waals surface area contributed by atoms with E-state index < -0.39 is 0 Å². The zero-order valence-corrected chi connectivity index (χ0v) is 9.54. The third-order valence-electron chi connectivity index (χ3n) is 2.23. The predicted octanol–water partition coefficient (Wildman–Crippen LogP) is 3.04. The van der Waals surface area contributed by atoms with Gasteiger partial charge >= 0.3 is 0 Å². The lowest BCUT2D eigenvalue weighted by Gasteiger charge is -2.31. The highest BCUT2D eigenvalue weighted by Crippen LogP contribution is 2.33. The van der Waals surface area contributed by atoms with Crippen molar-refractivity contribution in [1.29, 1.82) is 0 Å². The number of rotatable bonds is 7. The van der Waals surface area contributed by atoms with Crippen molar-refractivity contribution < 1.29 is 0 Å². The summed E-state index contributed by atoms with van der Waals surface area (Å²) in [6.07, 6.45) is 5.06. The van der Waals surface area contributed by atoms with E-state index in [-0.39, 0.29) is 0 Å². The van der Waals surface area contributed by atoms with Crippen molar-refractivity contribution in [1.82, 2.24) is 0 Å². The van der Waals surface area contributed by atoms with Crippen molar-refractivity contribution in [3.05, 3.63) is 0 Å². The van der Waals surface area contributed by atoms with Gasteiger partial charge in [0.15, 0.2) is 0 Å². The second-order valence-electron chi connectivity index (χ2n) is 3.32. The van der Waals surface area contributed by atoms with E-state index in [4.69, 9.17) is 5.73 Å². The second-order valence-corrected chi connectivity index (χ2v) is 5.05. The fourth-order valence-corrected chi connectivity index (χ4v) is 3.18. The van der Waals surface area contributed by atoms with Crippen LogP contribution in [-0.2, 0) is 0 Å². The average Bonchev–Trinajstić information content (AvgIpc) is 2.06. The van der Waals surface area contributed by atoms with E-state index in [0.29, 0.717) is 4.75 Å². The van der Waals surface area contributed by atoms with E-state index in [0.717, 1.165) is 6.54 Å². The van der Waals surface area contributed by atoms with E-state index in [9.17, 15) is 0 Å². The van der Waals surface area contributed by atoms with Crippen LogP contribution in [0.2, 0.25) is 0 Å². The van der Waals surface area contributed by atoms with Crippen molar-refractivity contribution in [3.63, 3.8) is 0 Å². The molecule has 12 heavy (non-hydrogen) atoms. The van der Waals surface area contributed by atoms with Crippen molar-refractivity contribution in [2.24, 2.45) is 5.73 Å². The predicted molar refractivity (Wildman–Crippen MR) is 59.7 cm³/mol. The molecule has 0 aliphatic heterocycles. The summed E-state index contributed by atoms with van der Waals surface area (Å²) in [5.74, 6) is 1.19. The topological polar surface area (TPSA) is 26.0 Å². The van der Waals surface area contributed by atoms with Crippen molar-refractivity contribution >= 4 is 11.8 Å². The van der Waals surface area contributed by atoms with Gasteiger partial charge in [-0.15, -0.1) is 0 Å². The third-order valence-corrected chi connectivity index (χ3v) is 3.71. The lowest BCUT2D eigenvalue weighted by Crippen LogP contribution is -2.34. The van der Waals surface area contributed by atoms with E-state index in [1.807, 2.05) is 11.8 Å². The average molecular weight is 189 g/mol. The summed E-state index contributed by atoms with van der Waals surface area (Å²) >= 11 is 2.05. The molecule has 74 valence electrons. The molecule has 0 aromatic rings. The minimum absolute atomic E-state index is 0.387. The molecule has 0 unspecified atom stereocenters. The Morgan fingerprint density at radius 3 is 1.83 bits per heavy atom. The van der Waals surface area contributed by atoms with Crippen LogP contribution >= 0.6 is 11.8 Å². The number of hydrogen-bond acceptors (Lipinski definition) is 2. The highest BCUT2D eigenvalue weighted by molar-refractivity contribution is 8.00. The van der Waals surface area contributed by atoms with Gasteiger partial charge in [-0.25, -0.2) is 0 Å². The first-order valence-electron chi connectivity index (χ1n) is 5.08. The highest BCUT2D eigenvalue weighted by atomic mass is 32.2. The maximum atomic E-state index is 5.85. The molecular formula is C10H23NS. The summed E-state index contributed by atoms with van der Waals surface area (Å²) in [6, 6.07) is 0. The summed E-state index contributed by atoms with van der Waals surface area (Å²) in [5.41, 5.74) is 5.85. The Bertz CT molecular complexity index is 87.0. The summed E-state index contributed by atoms with van der Waals surface area (Å²) in [7, 11) is 0. The minimum Gasteiger partial charge on any atom is -0.329 e. The molecule has 0 rings (SSSR count). The van der Waals surface area contributed by atoms with Crippen molar-refractivity contribution in [2.75, 3.05) is 12.3 Å². The third kappa shape index (κ3) is 3.81. The fraction of sp³-hybridized carbons (Fsp3) is 1.00. The largest absolute Gasteiger partial charge is 0.329 e. The molecule has 2 N–H and O–H groups in total. The number of nitrogens with two attached hydrogens (primary N) is 1. The maximum Gasteiger partial charge on any atom is 0.0281 e. The molecule has 0 aromatic carbocycles. The van der Waals surface area contributed by atoms with Gasteiger partial charge in [-0.3, -0.25) is 0 Å². The van der Waals surface area contributed by atoms with E-state index in [1.165, 1.54) is 31.4 Å². The Balaban J connectivity index is 4.06. The van der Waals surface area contributed by atoms with Crippen LogP contribution in [0.4, 0.5) is 0 Å². The molecule has 0 atom stereocenters. The summed E-state index contributed by atoms with van der Waals surface area (Å²) in [4.78, 5) is 0. The summed E-state index contributed by atoms with van der Waals surface area (Å²) in [6.45, 7) is 7.56. The Hall–Kier alpha value is 0.310. The smallest absolute Gasteiger partial charge is 0.0281 e. The van der Waals surface area contributed by atoms with Crippen molar-refractivity contribution in [3.8, 4) is 0 Å². The van der Waals surface area contributed by atoms with Crippen LogP contribution in [0.5, 0.6) is 0 Å². The quantitative estimate of drug-likeness (QED) is 0.666. The van der Waals surface area contributed by atoms with Crippen LogP contribution in [0.3, 0.4) is 0 Å². The second kappa shape index (κ2) is 6.79. The molecule has 0 heterocycles. The lowest BCUT2D eigenvalue weighted by molar-refractivity contribution is 0.498. The van der Waals surface area contributed by atoms with Gasteiger partial charge in [0.1, 0.15) is 0 Å². The molecule has 0 fully saturated rings. The molecule has 0 spiro atoms. The number of hydrogen-bond donors (Lipinski definition) is 1. The summed E-state index contributed by atoms with van der Waals surface area (Å²) in [5, 5.41) is 0. The molecular weight excluding hydrogens is 166 g/mol.